The Labute approximate surface area is 136 Å². The number of piperazine rings is 1. The second-order valence-electron chi connectivity index (χ2n) is 5.60. The van der Waals surface area contributed by atoms with Crippen molar-refractivity contribution in [2.45, 2.75) is 32.1 Å². The van der Waals surface area contributed by atoms with Crippen molar-refractivity contribution >= 4 is 23.2 Å². The first kappa shape index (κ1) is 17.0. The molecule has 0 unspecified atom stereocenters. The van der Waals surface area contributed by atoms with Crippen LogP contribution in [0.4, 0.5) is 0 Å². The Morgan fingerprint density at radius 2 is 1.73 bits per heavy atom. The zero-order valence-electron chi connectivity index (χ0n) is 13.0. The minimum Gasteiger partial charge on any atom is -0.339 e. The Hall–Kier alpha value is -1.40. The number of nitrogens with zero attached hydrogens (tertiary/aromatic N) is 2. The first-order valence-corrected chi connectivity index (χ1v) is 8.91. The van der Waals surface area contributed by atoms with Crippen molar-refractivity contribution in [3.63, 3.8) is 0 Å². The SMILES string of the molecule is NCCCCCCC(=O)N1CCN(C(=O)c2cccs2)CC1. The molecule has 5 nitrogen and oxygen atoms in total. The molecule has 2 heterocycles. The van der Waals surface area contributed by atoms with E-state index in [2.05, 4.69) is 0 Å². The maximum atomic E-state index is 12.2. The van der Waals surface area contributed by atoms with Gasteiger partial charge in [-0.3, -0.25) is 9.59 Å². The number of thiophene rings is 1. The molecule has 0 spiro atoms. The van der Waals surface area contributed by atoms with Gasteiger partial charge in [0.1, 0.15) is 0 Å². The third-order valence-corrected chi connectivity index (χ3v) is 4.85. The van der Waals surface area contributed by atoms with E-state index < -0.39 is 0 Å². The molecule has 2 N–H and O–H groups in total. The van der Waals surface area contributed by atoms with Gasteiger partial charge in [0.2, 0.25) is 5.91 Å². The molecule has 1 fully saturated rings. The number of carbonyl (C=O) groups is 2. The molecule has 2 amide bonds. The normalized spacial score (nSPS) is 15.1. The second kappa shape index (κ2) is 8.90. The highest BCUT2D eigenvalue weighted by atomic mass is 32.1. The molecule has 22 heavy (non-hydrogen) atoms. The van der Waals surface area contributed by atoms with Gasteiger partial charge < -0.3 is 15.5 Å². The zero-order valence-corrected chi connectivity index (χ0v) is 13.8. The Morgan fingerprint density at radius 1 is 1.05 bits per heavy atom. The topological polar surface area (TPSA) is 66.6 Å². The van der Waals surface area contributed by atoms with Crippen molar-refractivity contribution in [2.24, 2.45) is 5.73 Å². The van der Waals surface area contributed by atoms with Crippen LogP contribution < -0.4 is 5.73 Å². The quantitative estimate of drug-likeness (QED) is 0.780. The van der Waals surface area contributed by atoms with Gasteiger partial charge in [0.25, 0.3) is 5.91 Å². The average molecular weight is 323 g/mol. The van der Waals surface area contributed by atoms with Gasteiger partial charge in [-0.2, -0.15) is 0 Å². The van der Waals surface area contributed by atoms with E-state index in [9.17, 15) is 9.59 Å². The Morgan fingerprint density at radius 3 is 2.36 bits per heavy atom. The molecule has 1 aromatic rings. The van der Waals surface area contributed by atoms with Crippen molar-refractivity contribution < 1.29 is 9.59 Å². The highest BCUT2D eigenvalue weighted by Crippen LogP contribution is 2.14. The summed E-state index contributed by atoms with van der Waals surface area (Å²) in [6.07, 6.45) is 4.76. The average Bonchev–Trinajstić information content (AvgIpc) is 3.08. The molecule has 2 rings (SSSR count). The van der Waals surface area contributed by atoms with Gasteiger partial charge in [-0.25, -0.2) is 0 Å². The highest BCUT2D eigenvalue weighted by molar-refractivity contribution is 7.12. The van der Waals surface area contributed by atoms with Crippen LogP contribution in [0.25, 0.3) is 0 Å². The van der Waals surface area contributed by atoms with Crippen molar-refractivity contribution in [2.75, 3.05) is 32.7 Å². The fourth-order valence-electron chi connectivity index (χ4n) is 2.65. The van der Waals surface area contributed by atoms with E-state index in [0.717, 1.165) is 37.1 Å². The lowest BCUT2D eigenvalue weighted by Gasteiger charge is -2.34. The maximum absolute atomic E-state index is 12.2. The number of unbranched alkanes of at least 4 members (excludes halogenated alkanes) is 3. The van der Waals surface area contributed by atoms with Crippen molar-refractivity contribution in [3.8, 4) is 0 Å². The number of nitrogens with two attached hydrogens (primary N) is 1. The summed E-state index contributed by atoms with van der Waals surface area (Å²) in [7, 11) is 0. The zero-order chi connectivity index (χ0) is 15.8. The van der Waals surface area contributed by atoms with Crippen LogP contribution in [0.3, 0.4) is 0 Å². The van der Waals surface area contributed by atoms with E-state index in [1.54, 1.807) is 0 Å². The van der Waals surface area contributed by atoms with Gasteiger partial charge in [0.05, 0.1) is 4.88 Å². The minimum absolute atomic E-state index is 0.0869. The first-order chi connectivity index (χ1) is 10.7. The van der Waals surface area contributed by atoms with Gasteiger partial charge >= 0.3 is 0 Å². The van der Waals surface area contributed by atoms with Gasteiger partial charge in [0, 0.05) is 32.6 Å². The van der Waals surface area contributed by atoms with Gasteiger partial charge in [-0.15, -0.1) is 11.3 Å². The maximum Gasteiger partial charge on any atom is 0.264 e. The minimum atomic E-state index is 0.0869. The lowest BCUT2D eigenvalue weighted by Crippen LogP contribution is -2.50. The standard InChI is InChI=1S/C16H25N3O2S/c17-8-4-2-1-3-7-15(20)18-9-11-19(12-10-18)16(21)14-6-5-13-22-14/h5-6,13H,1-4,7-12,17H2. The number of amides is 2. The Bertz CT molecular complexity index is 468. The van der Waals surface area contributed by atoms with E-state index in [-0.39, 0.29) is 11.8 Å². The molecular formula is C16H25N3O2S. The molecule has 0 bridgehead atoms. The summed E-state index contributed by atoms with van der Waals surface area (Å²) in [5, 5.41) is 1.91. The molecule has 0 aliphatic carbocycles. The van der Waals surface area contributed by atoms with Gasteiger partial charge in [0.15, 0.2) is 0 Å². The molecule has 1 aromatic heterocycles. The molecule has 1 aliphatic rings. The summed E-state index contributed by atoms with van der Waals surface area (Å²) in [4.78, 5) is 28.9. The predicted octanol–water partition coefficient (Wildman–Crippen LogP) is 1.94. The Balaban J connectivity index is 1.68. The van der Waals surface area contributed by atoms with Crippen LogP contribution in [0.5, 0.6) is 0 Å². The van der Waals surface area contributed by atoms with E-state index >= 15 is 0 Å². The molecular weight excluding hydrogens is 298 g/mol. The molecule has 0 saturated carbocycles. The number of rotatable bonds is 7. The summed E-state index contributed by atoms with van der Waals surface area (Å²) < 4.78 is 0. The molecule has 122 valence electrons. The van der Waals surface area contributed by atoms with Crippen LogP contribution in [-0.4, -0.2) is 54.3 Å². The van der Waals surface area contributed by atoms with E-state index in [0.29, 0.717) is 32.6 Å². The summed E-state index contributed by atoms with van der Waals surface area (Å²) in [6.45, 7) is 3.30. The predicted molar refractivity (Wildman–Crippen MR) is 88.9 cm³/mol. The van der Waals surface area contributed by atoms with Crippen LogP contribution in [0, 0.1) is 0 Å². The van der Waals surface area contributed by atoms with Crippen LogP contribution >= 0.6 is 11.3 Å². The fourth-order valence-corrected chi connectivity index (χ4v) is 3.34. The largest absolute Gasteiger partial charge is 0.339 e. The number of hydrogen-bond donors (Lipinski definition) is 1. The molecule has 1 aliphatic heterocycles. The van der Waals surface area contributed by atoms with E-state index in [1.807, 2.05) is 27.3 Å². The first-order valence-electron chi connectivity index (χ1n) is 8.03. The third kappa shape index (κ3) is 4.81. The molecule has 1 saturated heterocycles. The number of hydrogen-bond acceptors (Lipinski definition) is 4. The van der Waals surface area contributed by atoms with Crippen LogP contribution in [-0.2, 0) is 4.79 Å². The highest BCUT2D eigenvalue weighted by Gasteiger charge is 2.24. The van der Waals surface area contributed by atoms with Gasteiger partial charge in [-0.05, 0) is 30.8 Å². The van der Waals surface area contributed by atoms with Crippen molar-refractivity contribution in [1.82, 2.24) is 9.80 Å². The van der Waals surface area contributed by atoms with Crippen molar-refractivity contribution in [3.05, 3.63) is 22.4 Å². The summed E-state index contributed by atoms with van der Waals surface area (Å²) in [5.74, 6) is 0.305. The van der Waals surface area contributed by atoms with Crippen LogP contribution in [0.15, 0.2) is 17.5 Å². The van der Waals surface area contributed by atoms with Crippen LogP contribution in [0.2, 0.25) is 0 Å². The lowest BCUT2D eigenvalue weighted by molar-refractivity contribution is -0.132. The Kier molecular flexibility index (Phi) is 6.86. The molecule has 0 atom stereocenters. The van der Waals surface area contributed by atoms with Crippen molar-refractivity contribution in [1.29, 1.82) is 0 Å². The molecule has 6 heteroatoms. The van der Waals surface area contributed by atoms with Crippen LogP contribution in [0.1, 0.15) is 41.8 Å². The second-order valence-corrected chi connectivity index (χ2v) is 6.55. The third-order valence-electron chi connectivity index (χ3n) is 4.00. The smallest absolute Gasteiger partial charge is 0.264 e. The molecule has 0 radical (unpaired) electrons. The van der Waals surface area contributed by atoms with E-state index in [1.165, 1.54) is 11.3 Å². The summed E-state index contributed by atoms with van der Waals surface area (Å²) in [6, 6.07) is 3.74. The number of carbonyl (C=O) groups excluding carboxylic acids is 2. The fraction of sp³-hybridized carbons (Fsp3) is 0.625. The monoisotopic (exact) mass is 323 g/mol. The summed E-state index contributed by atoms with van der Waals surface area (Å²) >= 11 is 1.47. The lowest BCUT2D eigenvalue weighted by atomic mass is 10.1. The molecule has 0 aromatic carbocycles. The van der Waals surface area contributed by atoms with Gasteiger partial charge in [-0.1, -0.05) is 18.9 Å². The van der Waals surface area contributed by atoms with E-state index in [4.69, 9.17) is 5.73 Å². The summed E-state index contributed by atoms with van der Waals surface area (Å²) in [5.41, 5.74) is 5.45.